The minimum Gasteiger partial charge on any atom is -0.454 e. The second-order valence-electron chi connectivity index (χ2n) is 11.7. The molecule has 0 saturated heterocycles. The number of rotatable bonds is 13. The Labute approximate surface area is 267 Å². The lowest BCUT2D eigenvalue weighted by Crippen LogP contribution is -2.44. The van der Waals surface area contributed by atoms with E-state index in [4.69, 9.17) is 4.74 Å². The van der Waals surface area contributed by atoms with Crippen molar-refractivity contribution in [2.45, 2.75) is 77.4 Å². The van der Waals surface area contributed by atoms with Gasteiger partial charge in [0.15, 0.2) is 12.4 Å². The van der Waals surface area contributed by atoms with Gasteiger partial charge in [0.05, 0.1) is 33.9 Å². The van der Waals surface area contributed by atoms with Crippen molar-refractivity contribution >= 4 is 22.7 Å². The van der Waals surface area contributed by atoms with E-state index >= 15 is 0 Å². The van der Waals surface area contributed by atoms with E-state index in [-0.39, 0.29) is 12.3 Å². The molecule has 4 rings (SSSR count). The number of halogens is 6. The van der Waals surface area contributed by atoms with Crippen LogP contribution in [0.1, 0.15) is 85.7 Å². The molecule has 2 aromatic heterocycles. The third-order valence-corrected chi connectivity index (χ3v) is 8.27. The van der Waals surface area contributed by atoms with Crippen LogP contribution in [0.15, 0.2) is 60.9 Å². The number of ether oxygens (including phenoxy) is 1. The molecule has 0 aliphatic heterocycles. The van der Waals surface area contributed by atoms with Crippen LogP contribution in [-0.4, -0.2) is 38.3 Å². The number of benzene rings is 2. The molecule has 0 aliphatic rings. The quantitative estimate of drug-likeness (QED) is 0.116. The van der Waals surface area contributed by atoms with E-state index in [9.17, 15) is 35.9 Å². The average molecular weight is 664 g/mol. The number of unbranched alkanes of at least 4 members (excludes halogenated alkanes) is 1. The Balaban J connectivity index is 1.55. The summed E-state index contributed by atoms with van der Waals surface area (Å²) in [5.74, 6) is -2.67. The number of fused-ring (bicyclic) bond motifs is 1. The largest absolute Gasteiger partial charge is 0.454 e. The molecule has 0 amide bonds. The minimum atomic E-state index is -5.27. The zero-order valence-electron chi connectivity index (χ0n) is 26.2. The highest BCUT2D eigenvalue weighted by molar-refractivity contribution is 5.95. The Hall–Kier alpha value is -4.33. The summed E-state index contributed by atoms with van der Waals surface area (Å²) in [5.41, 5.74) is -3.66. The van der Waals surface area contributed by atoms with Crippen molar-refractivity contribution in [3.63, 3.8) is 0 Å². The van der Waals surface area contributed by atoms with Crippen molar-refractivity contribution in [2.75, 3.05) is 6.61 Å². The van der Waals surface area contributed by atoms with Gasteiger partial charge < -0.3 is 10.1 Å². The highest BCUT2D eigenvalue weighted by atomic mass is 19.4. The van der Waals surface area contributed by atoms with Gasteiger partial charge in [-0.25, -0.2) is 9.48 Å². The number of esters is 1. The fourth-order valence-electron chi connectivity index (χ4n) is 5.17. The van der Waals surface area contributed by atoms with Crippen molar-refractivity contribution < 1.29 is 40.7 Å². The van der Waals surface area contributed by atoms with Gasteiger partial charge in [-0.05, 0) is 55.2 Å². The van der Waals surface area contributed by atoms with Crippen molar-refractivity contribution in [1.82, 2.24) is 25.3 Å². The van der Waals surface area contributed by atoms with Crippen LogP contribution in [0.2, 0.25) is 0 Å². The fraction of sp³-hybridized carbons (Fsp3) is 0.424. The van der Waals surface area contributed by atoms with E-state index in [1.165, 1.54) is 4.68 Å². The highest BCUT2D eigenvalue weighted by Crippen LogP contribution is 2.40. The first kappa shape index (κ1) is 35.5. The van der Waals surface area contributed by atoms with Crippen molar-refractivity contribution in [3.8, 4) is 0 Å². The van der Waals surface area contributed by atoms with E-state index in [0.717, 1.165) is 16.5 Å². The number of aromatic nitrogens is 4. The average Bonchev–Trinajstić information content (AvgIpc) is 3.52. The van der Waals surface area contributed by atoms with Crippen LogP contribution < -0.4 is 5.32 Å². The Morgan fingerprint density at radius 3 is 2.28 bits per heavy atom. The molecule has 8 nitrogen and oxygen atoms in total. The van der Waals surface area contributed by atoms with Gasteiger partial charge in [-0.3, -0.25) is 9.78 Å². The van der Waals surface area contributed by atoms with Crippen LogP contribution in [0.3, 0.4) is 0 Å². The monoisotopic (exact) mass is 663 g/mol. The molecule has 1 N–H and O–H groups in total. The second kappa shape index (κ2) is 14.2. The number of Topliss-reactive ketones (excluding diaryl/α,β-unsaturated/α-hetero) is 1. The number of hydrogen-bond acceptors (Lipinski definition) is 7. The molecule has 0 bridgehead atoms. The number of carbonyl (C=O) groups excluding carboxylic acids is 2. The number of pyridine rings is 1. The number of carbonyl (C=O) groups is 2. The summed E-state index contributed by atoms with van der Waals surface area (Å²) in [5, 5.41) is 13.0. The topological polar surface area (TPSA) is 99.0 Å². The Bertz CT molecular complexity index is 1690. The smallest absolute Gasteiger partial charge is 0.417 e. The summed E-state index contributed by atoms with van der Waals surface area (Å²) in [4.78, 5) is 30.4. The number of alkyl halides is 6. The number of hydrogen-bond donors (Lipinski definition) is 1. The summed E-state index contributed by atoms with van der Waals surface area (Å²) in [6.07, 6.45) is -5.82. The molecule has 2 heterocycles. The van der Waals surface area contributed by atoms with Crippen molar-refractivity contribution in [2.24, 2.45) is 5.92 Å². The van der Waals surface area contributed by atoms with E-state index in [1.807, 2.05) is 58.0 Å². The molecule has 252 valence electrons. The molecule has 2 atom stereocenters. The molecule has 14 heteroatoms. The van der Waals surface area contributed by atoms with E-state index in [2.05, 4.69) is 20.6 Å². The highest BCUT2D eigenvalue weighted by Gasteiger charge is 2.43. The maximum atomic E-state index is 13.6. The number of nitrogens with one attached hydrogen (secondary N) is 1. The maximum Gasteiger partial charge on any atom is 0.417 e. The molecule has 0 spiro atoms. The molecule has 0 aliphatic carbocycles. The van der Waals surface area contributed by atoms with Crippen LogP contribution >= 0.6 is 0 Å². The van der Waals surface area contributed by atoms with Gasteiger partial charge in [0, 0.05) is 18.1 Å². The predicted octanol–water partition coefficient (Wildman–Crippen LogP) is 7.68. The molecule has 2 aromatic carbocycles. The van der Waals surface area contributed by atoms with Gasteiger partial charge in [0.1, 0.15) is 11.7 Å². The van der Waals surface area contributed by atoms with Gasteiger partial charge in [-0.1, -0.05) is 57.0 Å². The lowest BCUT2D eigenvalue weighted by molar-refractivity contribution is -0.144. The van der Waals surface area contributed by atoms with Crippen molar-refractivity contribution in [3.05, 3.63) is 88.9 Å². The Morgan fingerprint density at radius 1 is 0.979 bits per heavy atom. The summed E-state index contributed by atoms with van der Waals surface area (Å²) in [6, 6.07) is 9.96. The normalized spacial score (nSPS) is 14.3. The molecule has 0 saturated carbocycles. The zero-order chi connectivity index (χ0) is 34.6. The number of ketones is 1. The predicted molar refractivity (Wildman–Crippen MR) is 161 cm³/mol. The lowest BCUT2D eigenvalue weighted by atomic mass is 9.85. The fourth-order valence-corrected chi connectivity index (χ4v) is 5.17. The lowest BCUT2D eigenvalue weighted by Gasteiger charge is -2.33. The third-order valence-electron chi connectivity index (χ3n) is 8.27. The SMILES string of the molecule is CCCCC(C(=O)COC(=O)c1c(C(F)(F)F)cccc1C(F)(F)F)n1cc([C@@](C)(NCc2ccc3ncccc3c2)C(C)C)nn1. The van der Waals surface area contributed by atoms with E-state index in [1.54, 1.807) is 12.4 Å². The Morgan fingerprint density at radius 2 is 1.66 bits per heavy atom. The molecule has 0 fully saturated rings. The Kier molecular flexibility index (Phi) is 10.7. The molecular weight excluding hydrogens is 628 g/mol. The summed E-state index contributed by atoms with van der Waals surface area (Å²) in [7, 11) is 0. The standard InChI is InChI=1S/C33H35F6N5O3/c1-5-6-12-26(27(45)19-47-30(46)29-23(32(34,35)36)10-7-11-24(29)33(37,38)39)44-18-28(42-43-44)31(4,20(2)3)41-17-21-13-14-25-22(16-21)9-8-15-40-25/h7-11,13-16,18,20,26,41H,5-6,12,17,19H2,1-4H3/t26?,31-/m0/s1. The van der Waals surface area contributed by atoms with Crippen LogP contribution in [0.4, 0.5) is 26.3 Å². The van der Waals surface area contributed by atoms with Crippen LogP contribution in [0, 0.1) is 5.92 Å². The van der Waals surface area contributed by atoms with Gasteiger partial charge in [0.2, 0.25) is 0 Å². The van der Waals surface area contributed by atoms with Gasteiger partial charge in [0.25, 0.3) is 0 Å². The van der Waals surface area contributed by atoms with Crippen LogP contribution in [-0.2, 0) is 34.0 Å². The zero-order valence-corrected chi connectivity index (χ0v) is 26.2. The molecule has 47 heavy (non-hydrogen) atoms. The molecule has 0 radical (unpaired) electrons. The maximum absolute atomic E-state index is 13.6. The van der Waals surface area contributed by atoms with Gasteiger partial charge >= 0.3 is 18.3 Å². The summed E-state index contributed by atoms with van der Waals surface area (Å²) < 4.78 is 87.5. The minimum absolute atomic E-state index is 0.00273. The molecule has 4 aromatic rings. The van der Waals surface area contributed by atoms with Gasteiger partial charge in [-0.2, -0.15) is 26.3 Å². The molecular formula is C33H35F6N5O3. The molecule has 1 unspecified atom stereocenters. The third kappa shape index (κ3) is 8.16. The van der Waals surface area contributed by atoms with E-state index < -0.39 is 59.0 Å². The first-order valence-corrected chi connectivity index (χ1v) is 15.0. The summed E-state index contributed by atoms with van der Waals surface area (Å²) >= 11 is 0. The first-order valence-electron chi connectivity index (χ1n) is 15.0. The van der Waals surface area contributed by atoms with E-state index in [0.29, 0.717) is 43.3 Å². The summed E-state index contributed by atoms with van der Waals surface area (Å²) in [6.45, 7) is 7.20. The first-order chi connectivity index (χ1) is 22.1. The van der Waals surface area contributed by atoms with Crippen molar-refractivity contribution in [1.29, 1.82) is 0 Å². The van der Waals surface area contributed by atoms with Crippen LogP contribution in [0.25, 0.3) is 10.9 Å². The van der Waals surface area contributed by atoms with Crippen LogP contribution in [0.5, 0.6) is 0 Å². The van der Waals surface area contributed by atoms with Gasteiger partial charge in [-0.15, -0.1) is 5.10 Å². The number of nitrogens with zero attached hydrogens (tertiary/aromatic N) is 4. The second-order valence-corrected chi connectivity index (χ2v) is 11.7.